The first-order valence-electron chi connectivity index (χ1n) is 5.12. The third kappa shape index (κ3) is 4.16. The van der Waals surface area contributed by atoms with Gasteiger partial charge in [-0.25, -0.2) is 0 Å². The van der Waals surface area contributed by atoms with Crippen molar-refractivity contribution in [3.63, 3.8) is 0 Å². The highest BCUT2D eigenvalue weighted by Gasteiger charge is 2.01. The van der Waals surface area contributed by atoms with E-state index in [0.717, 1.165) is 6.54 Å². The van der Waals surface area contributed by atoms with Gasteiger partial charge in [0.25, 0.3) is 0 Å². The van der Waals surface area contributed by atoms with E-state index < -0.39 is 0 Å². The van der Waals surface area contributed by atoms with E-state index in [4.69, 9.17) is 0 Å². The van der Waals surface area contributed by atoms with Crippen LogP contribution in [0, 0.1) is 0 Å². The molecule has 1 aromatic carbocycles. The Hall–Kier alpha value is -0.470. The lowest BCUT2D eigenvalue weighted by atomic mass is 10.1. The van der Waals surface area contributed by atoms with Crippen molar-refractivity contribution < 1.29 is 0 Å². The molecule has 14 heavy (non-hydrogen) atoms. The van der Waals surface area contributed by atoms with Gasteiger partial charge in [0.15, 0.2) is 0 Å². The highest BCUT2D eigenvalue weighted by atomic mass is 32.2. The zero-order valence-electron chi connectivity index (χ0n) is 8.99. The lowest BCUT2D eigenvalue weighted by molar-refractivity contribution is 0.572. The van der Waals surface area contributed by atoms with Crippen LogP contribution in [0.1, 0.15) is 24.9 Å². The molecule has 0 heterocycles. The first-order chi connectivity index (χ1) is 6.84. The molecule has 1 N–H and O–H groups in total. The molecule has 1 rings (SSSR count). The Morgan fingerprint density at radius 3 is 2.64 bits per heavy atom. The zero-order valence-corrected chi connectivity index (χ0v) is 9.81. The number of hydrogen-bond acceptors (Lipinski definition) is 2. The molecule has 0 fully saturated rings. The van der Waals surface area contributed by atoms with Crippen molar-refractivity contribution in [1.29, 1.82) is 0 Å². The van der Waals surface area contributed by atoms with Crippen molar-refractivity contribution in [2.45, 2.75) is 19.4 Å². The molecular formula is C12H19NS. The smallest absolute Gasteiger partial charge is 0.0291 e. The number of hydrogen-bond donors (Lipinski definition) is 1. The topological polar surface area (TPSA) is 12.0 Å². The van der Waals surface area contributed by atoms with Gasteiger partial charge in [0.1, 0.15) is 0 Å². The molecule has 78 valence electrons. The zero-order chi connectivity index (χ0) is 10.2. The highest BCUT2D eigenvalue weighted by molar-refractivity contribution is 7.98. The fraction of sp³-hybridized carbons (Fsp3) is 0.500. The van der Waals surface area contributed by atoms with Gasteiger partial charge in [0, 0.05) is 6.04 Å². The molecule has 0 saturated carbocycles. The van der Waals surface area contributed by atoms with Gasteiger partial charge in [0.2, 0.25) is 0 Å². The summed E-state index contributed by atoms with van der Waals surface area (Å²) >= 11 is 1.91. The summed E-state index contributed by atoms with van der Waals surface area (Å²) in [6, 6.07) is 11.1. The van der Waals surface area contributed by atoms with Crippen molar-refractivity contribution in [3.05, 3.63) is 35.9 Å². The van der Waals surface area contributed by atoms with E-state index in [-0.39, 0.29) is 0 Å². The lowest BCUT2D eigenvalue weighted by Crippen LogP contribution is -2.20. The minimum absolute atomic E-state index is 0.470. The molecule has 0 saturated heterocycles. The molecule has 0 bridgehead atoms. The van der Waals surface area contributed by atoms with Crippen LogP contribution >= 0.6 is 11.8 Å². The van der Waals surface area contributed by atoms with Crippen LogP contribution in [-0.4, -0.2) is 18.6 Å². The van der Waals surface area contributed by atoms with Crippen molar-refractivity contribution in [2.24, 2.45) is 0 Å². The first-order valence-corrected chi connectivity index (χ1v) is 6.51. The summed E-state index contributed by atoms with van der Waals surface area (Å²) < 4.78 is 0. The first kappa shape index (κ1) is 11.6. The predicted octanol–water partition coefficient (Wildman–Crippen LogP) is 3.09. The maximum atomic E-state index is 3.52. The summed E-state index contributed by atoms with van der Waals surface area (Å²) in [5.41, 5.74) is 1.37. The van der Waals surface area contributed by atoms with Crippen LogP contribution in [0.15, 0.2) is 30.3 Å². The summed E-state index contributed by atoms with van der Waals surface area (Å²) in [6.07, 6.45) is 3.40. The van der Waals surface area contributed by atoms with Gasteiger partial charge in [-0.3, -0.25) is 0 Å². The average Bonchev–Trinajstić information content (AvgIpc) is 2.25. The van der Waals surface area contributed by atoms with Crippen LogP contribution in [0.3, 0.4) is 0 Å². The van der Waals surface area contributed by atoms with Crippen LogP contribution in [0.4, 0.5) is 0 Å². The second-order valence-corrected chi connectivity index (χ2v) is 4.42. The van der Waals surface area contributed by atoms with Crippen LogP contribution < -0.4 is 5.32 Å². The van der Waals surface area contributed by atoms with E-state index in [0.29, 0.717) is 6.04 Å². The Morgan fingerprint density at radius 1 is 1.29 bits per heavy atom. The predicted molar refractivity (Wildman–Crippen MR) is 65.9 cm³/mol. The van der Waals surface area contributed by atoms with Crippen molar-refractivity contribution in [3.8, 4) is 0 Å². The Morgan fingerprint density at radius 2 is 2.00 bits per heavy atom. The molecular weight excluding hydrogens is 190 g/mol. The minimum Gasteiger partial charge on any atom is -0.310 e. The van der Waals surface area contributed by atoms with Crippen LogP contribution in [0.25, 0.3) is 0 Å². The molecule has 0 aliphatic heterocycles. The molecule has 1 nitrogen and oxygen atoms in total. The third-order valence-corrected chi connectivity index (χ3v) is 2.97. The van der Waals surface area contributed by atoms with E-state index in [1.165, 1.54) is 17.7 Å². The van der Waals surface area contributed by atoms with Crippen molar-refractivity contribution >= 4 is 11.8 Å². The van der Waals surface area contributed by atoms with E-state index in [9.17, 15) is 0 Å². The van der Waals surface area contributed by atoms with E-state index in [1.54, 1.807) is 0 Å². The quantitative estimate of drug-likeness (QED) is 0.723. The molecule has 2 heteroatoms. The van der Waals surface area contributed by atoms with Crippen LogP contribution in [0.5, 0.6) is 0 Å². The summed E-state index contributed by atoms with van der Waals surface area (Å²) in [7, 11) is 0. The largest absolute Gasteiger partial charge is 0.310 e. The molecule has 1 atom stereocenters. The van der Waals surface area contributed by atoms with Gasteiger partial charge in [0.05, 0.1) is 0 Å². The fourth-order valence-electron chi connectivity index (χ4n) is 1.39. The van der Waals surface area contributed by atoms with Gasteiger partial charge < -0.3 is 5.32 Å². The number of nitrogens with one attached hydrogen (secondary N) is 1. The molecule has 0 amide bonds. The number of benzene rings is 1. The van der Waals surface area contributed by atoms with Crippen molar-refractivity contribution in [1.82, 2.24) is 5.32 Å². The van der Waals surface area contributed by atoms with Gasteiger partial charge in [-0.1, -0.05) is 30.3 Å². The van der Waals surface area contributed by atoms with Crippen LogP contribution in [-0.2, 0) is 0 Å². The van der Waals surface area contributed by atoms with E-state index >= 15 is 0 Å². The third-order valence-electron chi connectivity index (χ3n) is 2.28. The van der Waals surface area contributed by atoms with Crippen LogP contribution in [0.2, 0.25) is 0 Å². The SMILES string of the molecule is CSCCCNC(C)c1ccccc1. The van der Waals surface area contributed by atoms with E-state index in [1.807, 2.05) is 11.8 Å². The summed E-state index contributed by atoms with van der Waals surface area (Å²) in [5, 5.41) is 3.52. The molecule has 0 radical (unpaired) electrons. The Labute approximate surface area is 91.3 Å². The molecule has 0 aromatic heterocycles. The second kappa shape index (κ2) is 6.91. The minimum atomic E-state index is 0.470. The Balaban J connectivity index is 2.25. The number of rotatable bonds is 6. The summed E-state index contributed by atoms with van der Waals surface area (Å²) in [6.45, 7) is 3.32. The van der Waals surface area contributed by atoms with Gasteiger partial charge in [-0.2, -0.15) is 11.8 Å². The fourth-order valence-corrected chi connectivity index (χ4v) is 1.83. The molecule has 0 spiro atoms. The molecule has 1 aromatic rings. The average molecular weight is 209 g/mol. The normalized spacial score (nSPS) is 12.7. The van der Waals surface area contributed by atoms with Gasteiger partial charge in [-0.15, -0.1) is 0 Å². The Kier molecular flexibility index (Phi) is 5.72. The van der Waals surface area contributed by atoms with Gasteiger partial charge in [-0.05, 0) is 37.5 Å². The van der Waals surface area contributed by atoms with Gasteiger partial charge >= 0.3 is 0 Å². The standard InChI is InChI=1S/C12H19NS/c1-11(13-9-6-10-14-2)12-7-4-3-5-8-12/h3-5,7-8,11,13H,6,9-10H2,1-2H3. The molecule has 0 aliphatic rings. The summed E-state index contributed by atoms with van der Waals surface area (Å²) in [4.78, 5) is 0. The highest BCUT2D eigenvalue weighted by Crippen LogP contribution is 2.10. The second-order valence-electron chi connectivity index (χ2n) is 3.43. The molecule has 1 unspecified atom stereocenters. The number of thioether (sulfide) groups is 1. The maximum Gasteiger partial charge on any atom is 0.0291 e. The van der Waals surface area contributed by atoms with Crippen molar-refractivity contribution in [2.75, 3.05) is 18.6 Å². The Bertz CT molecular complexity index is 235. The van der Waals surface area contributed by atoms with E-state index in [2.05, 4.69) is 48.8 Å². The molecule has 0 aliphatic carbocycles. The maximum absolute atomic E-state index is 3.52. The summed E-state index contributed by atoms with van der Waals surface area (Å²) in [5.74, 6) is 1.24. The monoisotopic (exact) mass is 209 g/mol. The lowest BCUT2D eigenvalue weighted by Gasteiger charge is -2.13.